The third kappa shape index (κ3) is 6.70. The topological polar surface area (TPSA) is 125 Å². The lowest BCUT2D eigenvalue weighted by Gasteiger charge is -2.23. The Bertz CT molecular complexity index is 1300. The van der Waals surface area contributed by atoms with Crippen LogP contribution in [0, 0.1) is 11.3 Å². The lowest BCUT2D eigenvalue weighted by molar-refractivity contribution is -0.116. The summed E-state index contributed by atoms with van der Waals surface area (Å²) >= 11 is 0. The highest BCUT2D eigenvalue weighted by Gasteiger charge is 2.19. The molecule has 0 spiro atoms. The van der Waals surface area contributed by atoms with E-state index in [1.165, 1.54) is 0 Å². The largest absolute Gasteiger partial charge is 0.384 e. The fraction of sp³-hybridized carbons (Fsp3) is 0.259. The molecule has 1 atom stereocenters. The Labute approximate surface area is 207 Å². The molecule has 0 unspecified atom stereocenters. The van der Waals surface area contributed by atoms with Gasteiger partial charge < -0.3 is 16.4 Å². The first kappa shape index (κ1) is 26.0. The molecule has 0 heterocycles. The maximum absolute atomic E-state index is 12.8. The van der Waals surface area contributed by atoms with Crippen LogP contribution in [-0.4, -0.2) is 32.0 Å². The SMILES string of the molecule is CCS(=O)(=O)c1ccccc1-c1ccc(NC(=O)C[C@H](Nc2cccc(C(=N)N)c2)C(C)C)cc1. The number of amides is 1. The molecule has 0 fully saturated rings. The standard InChI is InChI=1S/C27H32N4O3S/c1-4-35(33,34)25-11-6-5-10-23(25)19-12-14-21(15-13-19)31-26(32)17-24(18(2)3)30-22-9-7-8-20(16-22)27(28)29/h5-16,18,24,30H,4,17H2,1-3H3,(H3,28,29)(H,31,32)/t24-/m0/s1. The highest BCUT2D eigenvalue weighted by molar-refractivity contribution is 7.91. The molecule has 0 bridgehead atoms. The fourth-order valence-corrected chi connectivity index (χ4v) is 4.84. The van der Waals surface area contributed by atoms with Gasteiger partial charge in [-0.3, -0.25) is 10.2 Å². The predicted molar refractivity (Wildman–Crippen MR) is 143 cm³/mol. The molecule has 3 aromatic rings. The van der Waals surface area contributed by atoms with Crippen molar-refractivity contribution in [2.45, 2.75) is 38.1 Å². The van der Waals surface area contributed by atoms with Crippen molar-refractivity contribution in [3.63, 3.8) is 0 Å². The Balaban J connectivity index is 1.70. The zero-order valence-corrected chi connectivity index (χ0v) is 21.0. The van der Waals surface area contributed by atoms with E-state index in [0.717, 1.165) is 11.3 Å². The number of amidine groups is 1. The number of nitrogens with one attached hydrogen (secondary N) is 3. The molecule has 0 saturated heterocycles. The number of hydrogen-bond acceptors (Lipinski definition) is 5. The van der Waals surface area contributed by atoms with E-state index in [9.17, 15) is 13.2 Å². The molecular formula is C27H32N4O3S. The molecule has 3 aromatic carbocycles. The number of hydrogen-bond donors (Lipinski definition) is 4. The van der Waals surface area contributed by atoms with E-state index in [-0.39, 0.29) is 35.9 Å². The second kappa shape index (κ2) is 11.2. The normalized spacial score (nSPS) is 12.2. The molecule has 184 valence electrons. The van der Waals surface area contributed by atoms with Crippen LogP contribution in [0.2, 0.25) is 0 Å². The van der Waals surface area contributed by atoms with E-state index < -0.39 is 9.84 Å². The summed E-state index contributed by atoms with van der Waals surface area (Å²) < 4.78 is 24.9. The van der Waals surface area contributed by atoms with Gasteiger partial charge in [0.15, 0.2) is 9.84 Å². The monoisotopic (exact) mass is 492 g/mol. The van der Waals surface area contributed by atoms with Gasteiger partial charge in [0.25, 0.3) is 0 Å². The Morgan fingerprint density at radius 1 is 0.971 bits per heavy atom. The van der Waals surface area contributed by atoms with Crippen molar-refractivity contribution in [2.24, 2.45) is 11.7 Å². The van der Waals surface area contributed by atoms with Gasteiger partial charge in [-0.25, -0.2) is 8.42 Å². The van der Waals surface area contributed by atoms with Crippen LogP contribution in [-0.2, 0) is 14.6 Å². The maximum atomic E-state index is 12.8. The van der Waals surface area contributed by atoms with Gasteiger partial charge in [0.05, 0.1) is 10.6 Å². The number of carbonyl (C=O) groups is 1. The summed E-state index contributed by atoms with van der Waals surface area (Å²) in [4.78, 5) is 13.1. The van der Waals surface area contributed by atoms with Gasteiger partial charge in [0.1, 0.15) is 5.84 Å². The second-order valence-corrected chi connectivity index (χ2v) is 11.0. The van der Waals surface area contributed by atoms with Gasteiger partial charge >= 0.3 is 0 Å². The summed E-state index contributed by atoms with van der Waals surface area (Å²) in [6, 6.07) is 21.3. The molecule has 5 N–H and O–H groups in total. The highest BCUT2D eigenvalue weighted by atomic mass is 32.2. The van der Waals surface area contributed by atoms with E-state index in [0.29, 0.717) is 21.7 Å². The molecule has 35 heavy (non-hydrogen) atoms. The van der Waals surface area contributed by atoms with E-state index in [1.807, 2.05) is 44.2 Å². The van der Waals surface area contributed by atoms with Crippen molar-refractivity contribution in [1.29, 1.82) is 5.41 Å². The van der Waals surface area contributed by atoms with Crippen molar-refractivity contribution in [3.8, 4) is 11.1 Å². The number of rotatable bonds is 10. The smallest absolute Gasteiger partial charge is 0.226 e. The zero-order chi connectivity index (χ0) is 25.6. The van der Waals surface area contributed by atoms with Crippen molar-refractivity contribution in [3.05, 3.63) is 78.4 Å². The Hall–Kier alpha value is -3.65. The van der Waals surface area contributed by atoms with Gasteiger partial charge in [0, 0.05) is 35.0 Å². The first-order valence-corrected chi connectivity index (χ1v) is 13.2. The van der Waals surface area contributed by atoms with Crippen LogP contribution in [0.5, 0.6) is 0 Å². The quantitative estimate of drug-likeness (QED) is 0.237. The van der Waals surface area contributed by atoms with Crippen molar-refractivity contribution in [1.82, 2.24) is 0 Å². The Morgan fingerprint density at radius 2 is 1.66 bits per heavy atom. The Kier molecular flexibility index (Phi) is 8.30. The lowest BCUT2D eigenvalue weighted by Crippen LogP contribution is -2.31. The van der Waals surface area contributed by atoms with Crippen molar-refractivity contribution < 1.29 is 13.2 Å². The van der Waals surface area contributed by atoms with Crippen LogP contribution >= 0.6 is 0 Å². The molecule has 7 nitrogen and oxygen atoms in total. The molecule has 1 amide bonds. The van der Waals surface area contributed by atoms with Crippen molar-refractivity contribution in [2.75, 3.05) is 16.4 Å². The molecule has 0 aromatic heterocycles. The van der Waals surface area contributed by atoms with Crippen LogP contribution in [0.3, 0.4) is 0 Å². The summed E-state index contributed by atoms with van der Waals surface area (Å²) in [5.41, 5.74) is 9.05. The average molecular weight is 493 g/mol. The summed E-state index contributed by atoms with van der Waals surface area (Å²) in [5, 5.41) is 13.9. The van der Waals surface area contributed by atoms with Crippen LogP contribution in [0.4, 0.5) is 11.4 Å². The van der Waals surface area contributed by atoms with Crippen LogP contribution in [0.15, 0.2) is 77.7 Å². The summed E-state index contributed by atoms with van der Waals surface area (Å²) in [6.07, 6.45) is 0.251. The maximum Gasteiger partial charge on any atom is 0.226 e. The molecule has 0 aliphatic rings. The molecule has 0 aliphatic carbocycles. The van der Waals surface area contributed by atoms with Gasteiger partial charge in [-0.1, -0.05) is 63.2 Å². The summed E-state index contributed by atoms with van der Waals surface area (Å²) in [6.45, 7) is 5.71. The van der Waals surface area contributed by atoms with Gasteiger partial charge in [-0.05, 0) is 41.8 Å². The first-order chi connectivity index (χ1) is 16.6. The van der Waals surface area contributed by atoms with E-state index in [1.54, 1.807) is 49.4 Å². The van der Waals surface area contributed by atoms with E-state index >= 15 is 0 Å². The van der Waals surface area contributed by atoms with Crippen LogP contribution < -0.4 is 16.4 Å². The minimum absolute atomic E-state index is 0.00847. The molecular weight excluding hydrogens is 460 g/mol. The van der Waals surface area contributed by atoms with Gasteiger partial charge in [-0.15, -0.1) is 0 Å². The van der Waals surface area contributed by atoms with Gasteiger partial charge in [0.2, 0.25) is 5.91 Å². The third-order valence-corrected chi connectivity index (χ3v) is 7.60. The van der Waals surface area contributed by atoms with E-state index in [2.05, 4.69) is 10.6 Å². The lowest BCUT2D eigenvalue weighted by atomic mass is 9.99. The molecule has 0 aliphatic heterocycles. The van der Waals surface area contributed by atoms with Crippen LogP contribution in [0.25, 0.3) is 11.1 Å². The number of nitrogen functional groups attached to an aromatic ring is 1. The Morgan fingerprint density at radius 3 is 2.29 bits per heavy atom. The minimum Gasteiger partial charge on any atom is -0.384 e. The summed E-state index contributed by atoms with van der Waals surface area (Å²) in [7, 11) is -3.36. The van der Waals surface area contributed by atoms with Crippen LogP contribution in [0.1, 0.15) is 32.8 Å². The highest BCUT2D eigenvalue weighted by Crippen LogP contribution is 2.29. The average Bonchev–Trinajstić information content (AvgIpc) is 2.84. The zero-order valence-electron chi connectivity index (χ0n) is 20.2. The van der Waals surface area contributed by atoms with Crippen molar-refractivity contribution >= 4 is 33.0 Å². The fourth-order valence-electron chi connectivity index (χ4n) is 3.72. The van der Waals surface area contributed by atoms with E-state index in [4.69, 9.17) is 11.1 Å². The summed E-state index contributed by atoms with van der Waals surface area (Å²) in [5.74, 6) is 0.0648. The third-order valence-electron chi connectivity index (χ3n) is 5.82. The van der Waals surface area contributed by atoms with Gasteiger partial charge in [-0.2, -0.15) is 0 Å². The predicted octanol–water partition coefficient (Wildman–Crippen LogP) is 4.90. The number of carbonyl (C=O) groups excluding carboxylic acids is 1. The second-order valence-electron chi connectivity index (χ2n) is 8.72. The number of nitrogens with two attached hydrogens (primary N) is 1. The minimum atomic E-state index is -3.36. The number of sulfone groups is 1. The molecule has 0 saturated carbocycles. The molecule has 3 rings (SSSR count). The number of anilines is 2. The molecule has 0 radical (unpaired) electrons. The molecule has 8 heteroatoms. The first-order valence-electron chi connectivity index (χ1n) is 11.5. The number of benzene rings is 3.